The van der Waals surface area contributed by atoms with Crippen LogP contribution in [0.2, 0.25) is 0 Å². The fourth-order valence-electron chi connectivity index (χ4n) is 4.20. The minimum absolute atomic E-state index is 0.0167. The van der Waals surface area contributed by atoms with Crippen molar-refractivity contribution < 1.29 is 36.7 Å². The number of rotatable bonds is 10. The molecule has 2 N–H and O–H groups in total. The molecule has 1 aromatic heterocycles. The Morgan fingerprint density at radius 3 is 2.43 bits per heavy atom. The lowest BCUT2D eigenvalue weighted by Crippen LogP contribution is -2.54. The molecule has 1 unspecified atom stereocenters. The lowest BCUT2D eigenvalue weighted by atomic mass is 10.0. The maximum absolute atomic E-state index is 14.2. The number of carbonyl (C=O) groups excluding carboxylic acids is 4. The van der Waals surface area contributed by atoms with Crippen molar-refractivity contribution in [3.63, 3.8) is 0 Å². The molecule has 1 saturated heterocycles. The van der Waals surface area contributed by atoms with E-state index in [2.05, 4.69) is 15.6 Å². The van der Waals surface area contributed by atoms with Crippen LogP contribution in [0.4, 0.5) is 17.6 Å². The van der Waals surface area contributed by atoms with E-state index < -0.39 is 79.2 Å². The van der Waals surface area contributed by atoms with Crippen LogP contribution in [0.1, 0.15) is 29.8 Å². The van der Waals surface area contributed by atoms with E-state index in [9.17, 15) is 36.7 Å². The van der Waals surface area contributed by atoms with Gasteiger partial charge in [-0.1, -0.05) is 30.3 Å². The van der Waals surface area contributed by atoms with Crippen molar-refractivity contribution in [1.82, 2.24) is 20.5 Å². The lowest BCUT2D eigenvalue weighted by Gasteiger charge is -2.25. The molecule has 4 rings (SSSR count). The van der Waals surface area contributed by atoms with Crippen LogP contribution in [0.15, 0.2) is 41.9 Å². The van der Waals surface area contributed by atoms with E-state index >= 15 is 0 Å². The zero-order valence-corrected chi connectivity index (χ0v) is 20.3. The highest BCUT2D eigenvalue weighted by atomic mass is 32.1. The smallest absolute Gasteiger partial charge is 0.289 e. The van der Waals surface area contributed by atoms with E-state index in [1.54, 1.807) is 35.7 Å². The van der Waals surface area contributed by atoms with Gasteiger partial charge in [0.05, 0.1) is 13.1 Å². The molecule has 2 heterocycles. The van der Waals surface area contributed by atoms with Gasteiger partial charge in [0, 0.05) is 43.2 Å². The Hall–Kier alpha value is -3.35. The molecule has 2 aromatic rings. The molecule has 1 saturated carbocycles. The molecule has 3 atom stereocenters. The van der Waals surface area contributed by atoms with E-state index in [0.717, 1.165) is 0 Å². The predicted octanol–water partition coefficient (Wildman–Crippen LogP) is 2.34. The van der Waals surface area contributed by atoms with E-state index in [1.165, 1.54) is 17.5 Å². The van der Waals surface area contributed by atoms with Crippen LogP contribution >= 0.6 is 11.3 Å². The highest BCUT2D eigenvalue weighted by Crippen LogP contribution is 2.51. The average molecular weight is 541 g/mol. The van der Waals surface area contributed by atoms with Crippen LogP contribution in [-0.4, -0.2) is 63.9 Å². The number of halogens is 4. The van der Waals surface area contributed by atoms with Crippen molar-refractivity contribution in [3.05, 3.63) is 52.5 Å². The van der Waals surface area contributed by atoms with Gasteiger partial charge in [0.15, 0.2) is 0 Å². The number of aromatic nitrogens is 1. The molecule has 8 nitrogen and oxygen atoms in total. The van der Waals surface area contributed by atoms with Gasteiger partial charge in [-0.25, -0.2) is 22.5 Å². The summed E-state index contributed by atoms with van der Waals surface area (Å²) in [4.78, 5) is 55.7. The maximum atomic E-state index is 14.2. The standard InChI is InChI=1S/C24H24F4N4O4S/c25-23(26)11-17(32(13-23)19(33)9-15-10-24(15,27)28)21(35)31-16(8-14-4-2-1-3-5-14)20(34)22(36)30-12-18-29-6-7-37-18/h1-7,15-17H,8-13H2,(H,30,36)(H,31,35)/t15?,16-,17-/m1/s1. The summed E-state index contributed by atoms with van der Waals surface area (Å²) in [5, 5.41) is 7.01. The largest absolute Gasteiger partial charge is 0.344 e. The molecule has 13 heteroatoms. The highest BCUT2D eigenvalue weighted by molar-refractivity contribution is 7.09. The first kappa shape index (κ1) is 26.7. The molecule has 1 aliphatic carbocycles. The van der Waals surface area contributed by atoms with E-state index in [4.69, 9.17) is 0 Å². The monoisotopic (exact) mass is 540 g/mol. The average Bonchev–Trinajstić information content (AvgIpc) is 3.21. The van der Waals surface area contributed by atoms with E-state index in [0.29, 0.717) is 15.5 Å². The van der Waals surface area contributed by atoms with Crippen molar-refractivity contribution in [3.8, 4) is 0 Å². The number of Topliss-reactive ketones (excluding diaryl/α,β-unsaturated/α-hetero) is 1. The number of nitrogens with one attached hydrogen (secondary N) is 2. The Morgan fingerprint density at radius 2 is 1.81 bits per heavy atom. The van der Waals surface area contributed by atoms with Gasteiger partial charge in [0.1, 0.15) is 17.1 Å². The quantitative estimate of drug-likeness (QED) is 0.355. The topological polar surface area (TPSA) is 108 Å². The summed E-state index contributed by atoms with van der Waals surface area (Å²) in [6, 6.07) is 5.35. The third kappa shape index (κ3) is 6.70. The maximum Gasteiger partial charge on any atom is 0.289 e. The van der Waals surface area contributed by atoms with Crippen molar-refractivity contribution in [1.29, 1.82) is 0 Å². The molecule has 2 aliphatic rings. The highest BCUT2D eigenvalue weighted by Gasteiger charge is 2.59. The Morgan fingerprint density at radius 1 is 1.11 bits per heavy atom. The second kappa shape index (κ2) is 10.6. The van der Waals surface area contributed by atoms with Gasteiger partial charge in [-0.2, -0.15) is 0 Å². The van der Waals surface area contributed by atoms with Gasteiger partial charge in [-0.15, -0.1) is 11.3 Å². The second-order valence-corrected chi connectivity index (χ2v) is 10.2. The Kier molecular flexibility index (Phi) is 7.62. The van der Waals surface area contributed by atoms with Crippen molar-refractivity contribution in [2.75, 3.05) is 6.54 Å². The summed E-state index contributed by atoms with van der Waals surface area (Å²) >= 11 is 1.26. The summed E-state index contributed by atoms with van der Waals surface area (Å²) < 4.78 is 55.0. The zero-order chi connectivity index (χ0) is 26.8. The van der Waals surface area contributed by atoms with Gasteiger partial charge in [-0.05, 0) is 5.56 Å². The number of benzene rings is 1. The van der Waals surface area contributed by atoms with E-state index in [-0.39, 0.29) is 13.0 Å². The second-order valence-electron chi connectivity index (χ2n) is 9.19. The fourth-order valence-corrected chi connectivity index (χ4v) is 4.76. The van der Waals surface area contributed by atoms with Crippen LogP contribution in [-0.2, 0) is 32.1 Å². The van der Waals surface area contributed by atoms with Gasteiger partial charge in [0.25, 0.3) is 17.8 Å². The number of nitrogens with zero attached hydrogens (tertiary/aromatic N) is 2. The summed E-state index contributed by atoms with van der Waals surface area (Å²) in [6.07, 6.45) is -0.765. The van der Waals surface area contributed by atoms with E-state index in [1.807, 2.05) is 0 Å². The Bertz CT molecular complexity index is 1160. The van der Waals surface area contributed by atoms with Crippen molar-refractivity contribution in [2.45, 2.75) is 56.2 Å². The van der Waals surface area contributed by atoms with Gasteiger partial charge in [-0.3, -0.25) is 19.2 Å². The van der Waals surface area contributed by atoms with Gasteiger partial charge in [0.2, 0.25) is 17.6 Å². The number of likely N-dealkylation sites (tertiary alicyclic amines) is 1. The van der Waals surface area contributed by atoms with Crippen LogP contribution < -0.4 is 10.6 Å². The summed E-state index contributed by atoms with van der Waals surface area (Å²) in [7, 11) is 0. The summed E-state index contributed by atoms with van der Waals surface area (Å²) in [5.74, 6) is -11.7. The third-order valence-corrected chi connectivity index (χ3v) is 7.07. The number of hydrogen-bond donors (Lipinski definition) is 2. The molecule has 0 radical (unpaired) electrons. The molecule has 1 aromatic carbocycles. The number of amides is 3. The van der Waals surface area contributed by atoms with Crippen LogP contribution in [0.5, 0.6) is 0 Å². The first-order valence-corrected chi connectivity index (χ1v) is 12.4. The van der Waals surface area contributed by atoms with Crippen molar-refractivity contribution in [2.24, 2.45) is 5.92 Å². The minimum Gasteiger partial charge on any atom is -0.344 e. The Balaban J connectivity index is 1.47. The number of ketones is 1. The van der Waals surface area contributed by atoms with Gasteiger partial charge >= 0.3 is 0 Å². The van der Waals surface area contributed by atoms with Crippen LogP contribution in [0.25, 0.3) is 0 Å². The predicted molar refractivity (Wildman–Crippen MR) is 124 cm³/mol. The molecule has 3 amide bonds. The van der Waals surface area contributed by atoms with Crippen LogP contribution in [0, 0.1) is 5.92 Å². The molecule has 0 spiro atoms. The molecule has 0 bridgehead atoms. The molecular weight excluding hydrogens is 516 g/mol. The summed E-state index contributed by atoms with van der Waals surface area (Å²) in [5.41, 5.74) is 0.592. The number of carbonyl (C=O) groups is 4. The number of thiazole rings is 1. The first-order valence-electron chi connectivity index (χ1n) is 11.5. The van der Waals surface area contributed by atoms with Crippen LogP contribution in [0.3, 0.4) is 0 Å². The zero-order valence-electron chi connectivity index (χ0n) is 19.5. The Labute approximate surface area is 213 Å². The summed E-state index contributed by atoms with van der Waals surface area (Å²) in [6.45, 7) is -1.11. The molecule has 37 heavy (non-hydrogen) atoms. The fraction of sp³-hybridized carbons (Fsp3) is 0.458. The normalized spacial score (nSPS) is 22.2. The minimum atomic E-state index is -3.41. The molecular formula is C24H24F4N4O4S. The third-order valence-electron chi connectivity index (χ3n) is 6.29. The first-order chi connectivity index (χ1) is 17.4. The molecule has 2 fully saturated rings. The number of alkyl halides is 4. The van der Waals surface area contributed by atoms with Crippen molar-refractivity contribution >= 4 is 34.8 Å². The molecule has 1 aliphatic heterocycles. The SMILES string of the molecule is O=C(NCc1nccs1)C(=O)[C@@H](Cc1ccccc1)NC(=O)[C@H]1CC(F)(F)CN1C(=O)CC1CC1(F)F. The lowest BCUT2D eigenvalue weighted by molar-refractivity contribution is -0.142. The molecule has 198 valence electrons. The number of hydrogen-bond acceptors (Lipinski definition) is 6. The van der Waals surface area contributed by atoms with Gasteiger partial charge < -0.3 is 15.5 Å².